The lowest BCUT2D eigenvalue weighted by atomic mass is 9.93. The summed E-state index contributed by atoms with van der Waals surface area (Å²) in [5.74, 6) is 2.01. The third-order valence-corrected chi connectivity index (χ3v) is 6.03. The van der Waals surface area contributed by atoms with E-state index in [-0.39, 0.29) is 0 Å². The number of hydrogen-bond acceptors (Lipinski definition) is 5. The zero-order chi connectivity index (χ0) is 17.5. The van der Waals surface area contributed by atoms with E-state index in [0.717, 1.165) is 68.0 Å². The standard InChI is InChI=1S/C19H25N5O2/c1-2-12-9-14(26-13-4-7-25-8-5-13)10-15(12)19-23-22-17-11-21-18-16(24(17)19)3-6-20-18/h3,6,11-15,20H,2,4-5,7-10H2,1H3/t12-,14+,15?/m1/s1. The van der Waals surface area contributed by atoms with Crippen molar-refractivity contribution in [1.82, 2.24) is 24.6 Å². The molecule has 138 valence electrons. The molecule has 5 rings (SSSR count). The number of nitrogens with zero attached hydrogens (tertiary/aromatic N) is 4. The van der Waals surface area contributed by atoms with Crippen LogP contribution in [0.2, 0.25) is 0 Å². The Balaban J connectivity index is 1.45. The summed E-state index contributed by atoms with van der Waals surface area (Å²) in [5.41, 5.74) is 2.74. The molecule has 3 aromatic heterocycles. The first-order valence-electron chi connectivity index (χ1n) is 9.73. The number of rotatable bonds is 4. The van der Waals surface area contributed by atoms with Crippen molar-refractivity contribution in [3.8, 4) is 0 Å². The molecule has 1 saturated heterocycles. The lowest BCUT2D eigenvalue weighted by molar-refractivity contribution is -0.0668. The normalized spacial score (nSPS) is 27.7. The second-order valence-corrected chi connectivity index (χ2v) is 7.54. The van der Waals surface area contributed by atoms with Gasteiger partial charge in [-0.2, -0.15) is 0 Å². The summed E-state index contributed by atoms with van der Waals surface area (Å²) in [6.07, 6.45) is 9.66. The third-order valence-electron chi connectivity index (χ3n) is 6.03. The topological polar surface area (TPSA) is 77.3 Å². The fourth-order valence-corrected chi connectivity index (χ4v) is 4.67. The van der Waals surface area contributed by atoms with E-state index in [9.17, 15) is 0 Å². The molecule has 26 heavy (non-hydrogen) atoms. The Morgan fingerprint density at radius 2 is 2.12 bits per heavy atom. The zero-order valence-electron chi connectivity index (χ0n) is 15.1. The number of aromatic nitrogens is 5. The highest BCUT2D eigenvalue weighted by atomic mass is 16.5. The van der Waals surface area contributed by atoms with E-state index >= 15 is 0 Å². The van der Waals surface area contributed by atoms with Crippen molar-refractivity contribution in [2.45, 2.75) is 57.2 Å². The van der Waals surface area contributed by atoms with Crippen LogP contribution in [-0.4, -0.2) is 50.0 Å². The van der Waals surface area contributed by atoms with Crippen LogP contribution in [0.15, 0.2) is 18.5 Å². The van der Waals surface area contributed by atoms with Gasteiger partial charge in [0.05, 0.1) is 23.9 Å². The smallest absolute Gasteiger partial charge is 0.179 e. The van der Waals surface area contributed by atoms with Crippen molar-refractivity contribution in [3.05, 3.63) is 24.3 Å². The summed E-state index contributed by atoms with van der Waals surface area (Å²) in [4.78, 5) is 7.61. The highest BCUT2D eigenvalue weighted by Gasteiger charge is 2.38. The molecule has 0 aromatic carbocycles. The predicted octanol–water partition coefficient (Wildman–Crippen LogP) is 3.07. The monoisotopic (exact) mass is 355 g/mol. The lowest BCUT2D eigenvalue weighted by Gasteiger charge is -2.25. The number of nitrogens with one attached hydrogen (secondary N) is 1. The molecular formula is C19H25N5O2. The average Bonchev–Trinajstić information content (AvgIpc) is 3.39. The summed E-state index contributed by atoms with van der Waals surface area (Å²) >= 11 is 0. The van der Waals surface area contributed by atoms with E-state index in [0.29, 0.717) is 24.0 Å². The molecular weight excluding hydrogens is 330 g/mol. The van der Waals surface area contributed by atoms with Crippen molar-refractivity contribution in [3.63, 3.8) is 0 Å². The number of fused-ring (bicyclic) bond motifs is 3. The van der Waals surface area contributed by atoms with Gasteiger partial charge in [0.25, 0.3) is 0 Å². The van der Waals surface area contributed by atoms with E-state index in [4.69, 9.17) is 9.47 Å². The van der Waals surface area contributed by atoms with Crippen molar-refractivity contribution in [2.24, 2.45) is 5.92 Å². The molecule has 2 fully saturated rings. The maximum atomic E-state index is 6.44. The Hall–Kier alpha value is -1.99. The fourth-order valence-electron chi connectivity index (χ4n) is 4.67. The van der Waals surface area contributed by atoms with Crippen LogP contribution in [0, 0.1) is 5.92 Å². The van der Waals surface area contributed by atoms with Gasteiger partial charge in [-0.05, 0) is 37.7 Å². The van der Waals surface area contributed by atoms with Gasteiger partial charge in [-0.3, -0.25) is 4.40 Å². The van der Waals surface area contributed by atoms with Crippen LogP contribution in [0.1, 0.15) is 50.8 Å². The van der Waals surface area contributed by atoms with E-state index in [1.807, 2.05) is 12.3 Å². The van der Waals surface area contributed by atoms with Crippen LogP contribution >= 0.6 is 0 Å². The molecule has 1 unspecified atom stereocenters. The molecule has 0 amide bonds. The first-order valence-corrected chi connectivity index (χ1v) is 9.73. The summed E-state index contributed by atoms with van der Waals surface area (Å²) in [5, 5.41) is 8.95. The van der Waals surface area contributed by atoms with Gasteiger partial charge >= 0.3 is 0 Å². The van der Waals surface area contributed by atoms with E-state index in [1.165, 1.54) is 0 Å². The first-order chi connectivity index (χ1) is 12.8. The molecule has 3 atom stereocenters. The van der Waals surface area contributed by atoms with Crippen LogP contribution in [0.25, 0.3) is 16.8 Å². The van der Waals surface area contributed by atoms with Crippen molar-refractivity contribution in [2.75, 3.05) is 13.2 Å². The fraction of sp³-hybridized carbons (Fsp3) is 0.632. The number of ether oxygens (including phenoxy) is 2. The minimum absolute atomic E-state index is 0.309. The maximum Gasteiger partial charge on any atom is 0.179 e. The lowest BCUT2D eigenvalue weighted by Crippen LogP contribution is -2.27. The Morgan fingerprint density at radius 3 is 2.96 bits per heavy atom. The van der Waals surface area contributed by atoms with Gasteiger partial charge in [0.2, 0.25) is 0 Å². The Kier molecular flexibility index (Phi) is 4.13. The van der Waals surface area contributed by atoms with Crippen molar-refractivity contribution >= 4 is 16.8 Å². The van der Waals surface area contributed by atoms with Crippen molar-refractivity contribution in [1.29, 1.82) is 0 Å². The Labute approximate surface area is 152 Å². The average molecular weight is 355 g/mol. The molecule has 7 heteroatoms. The highest BCUT2D eigenvalue weighted by molar-refractivity contribution is 5.74. The molecule has 2 aliphatic rings. The highest BCUT2D eigenvalue weighted by Crippen LogP contribution is 2.43. The Morgan fingerprint density at radius 1 is 1.23 bits per heavy atom. The molecule has 1 aliphatic carbocycles. The van der Waals surface area contributed by atoms with E-state index in [1.54, 1.807) is 6.20 Å². The van der Waals surface area contributed by atoms with Gasteiger partial charge in [-0.25, -0.2) is 4.98 Å². The molecule has 1 aliphatic heterocycles. The molecule has 0 spiro atoms. The Bertz CT molecular complexity index is 898. The number of H-pyrrole nitrogens is 1. The van der Waals surface area contributed by atoms with Crippen LogP contribution in [0.3, 0.4) is 0 Å². The van der Waals surface area contributed by atoms with Gasteiger partial charge in [0.15, 0.2) is 11.3 Å². The van der Waals surface area contributed by atoms with Gasteiger partial charge in [0.1, 0.15) is 5.82 Å². The molecule has 0 radical (unpaired) electrons. The first kappa shape index (κ1) is 16.2. The SMILES string of the molecule is CC[C@@H]1C[C@H](OC2CCOCC2)CC1c1nnc2cnc3[nH]ccc3n12. The summed E-state index contributed by atoms with van der Waals surface area (Å²) in [6, 6.07) is 2.05. The maximum absolute atomic E-state index is 6.44. The van der Waals surface area contributed by atoms with Crippen molar-refractivity contribution < 1.29 is 9.47 Å². The van der Waals surface area contributed by atoms with Gasteiger partial charge in [-0.1, -0.05) is 13.3 Å². The van der Waals surface area contributed by atoms with Gasteiger partial charge in [0, 0.05) is 25.3 Å². The molecule has 1 N–H and O–H groups in total. The summed E-state index contributed by atoms with van der Waals surface area (Å²) in [6.45, 7) is 3.92. The minimum Gasteiger partial charge on any atom is -0.381 e. The molecule has 7 nitrogen and oxygen atoms in total. The van der Waals surface area contributed by atoms with Crippen LogP contribution in [0.4, 0.5) is 0 Å². The molecule has 4 heterocycles. The largest absolute Gasteiger partial charge is 0.381 e. The summed E-state index contributed by atoms with van der Waals surface area (Å²) < 4.78 is 14.1. The third kappa shape index (κ3) is 2.70. The minimum atomic E-state index is 0.309. The zero-order valence-corrected chi connectivity index (χ0v) is 15.1. The van der Waals surface area contributed by atoms with Crippen LogP contribution in [0.5, 0.6) is 0 Å². The molecule has 3 aromatic rings. The van der Waals surface area contributed by atoms with Gasteiger partial charge in [-0.15, -0.1) is 10.2 Å². The molecule has 0 bridgehead atoms. The van der Waals surface area contributed by atoms with E-state index < -0.39 is 0 Å². The number of hydrogen-bond donors (Lipinski definition) is 1. The van der Waals surface area contributed by atoms with E-state index in [2.05, 4.69) is 31.5 Å². The second kappa shape index (κ2) is 6.63. The van der Waals surface area contributed by atoms with Gasteiger partial charge < -0.3 is 14.5 Å². The quantitative estimate of drug-likeness (QED) is 0.778. The predicted molar refractivity (Wildman–Crippen MR) is 97.1 cm³/mol. The summed E-state index contributed by atoms with van der Waals surface area (Å²) in [7, 11) is 0. The van der Waals surface area contributed by atoms with Crippen LogP contribution < -0.4 is 0 Å². The van der Waals surface area contributed by atoms with Crippen LogP contribution in [-0.2, 0) is 9.47 Å². The second-order valence-electron chi connectivity index (χ2n) is 7.54. The number of aromatic amines is 1. The molecule has 1 saturated carbocycles.